The summed E-state index contributed by atoms with van der Waals surface area (Å²) in [6.45, 7) is 0. The van der Waals surface area contributed by atoms with Crippen molar-refractivity contribution in [2.24, 2.45) is 0 Å². The summed E-state index contributed by atoms with van der Waals surface area (Å²) in [6, 6.07) is 18.1. The van der Waals surface area contributed by atoms with E-state index in [9.17, 15) is 14.7 Å². The zero-order valence-electron chi connectivity index (χ0n) is 12.6. The second-order valence-electron chi connectivity index (χ2n) is 5.62. The second kappa shape index (κ2) is 5.35. The van der Waals surface area contributed by atoms with E-state index in [4.69, 9.17) is 0 Å². The van der Waals surface area contributed by atoms with Gasteiger partial charge in [0.15, 0.2) is 5.78 Å². The predicted octanol–water partition coefficient (Wildman–Crippen LogP) is 4.25. The molecule has 0 unspecified atom stereocenters. The van der Waals surface area contributed by atoms with Gasteiger partial charge in [-0.25, -0.2) is 4.79 Å². The number of rotatable bonds is 3. The average molecular weight is 315 g/mol. The Hall–Kier alpha value is -3.40. The standard InChI is InChI=1S/C20H13NO3/c22-19(15-7-3-5-12-4-1-2-6-14(12)15)17-11-21-18-9-8-13(20(23)24)10-16(17)18/h1-11,21H,(H,23,24). The molecule has 2 N–H and O–H groups in total. The maximum Gasteiger partial charge on any atom is 0.335 e. The molecule has 3 aromatic carbocycles. The molecule has 4 rings (SSSR count). The Kier molecular flexibility index (Phi) is 3.17. The lowest BCUT2D eigenvalue weighted by atomic mass is 9.96. The Morgan fingerprint density at radius 1 is 0.833 bits per heavy atom. The fourth-order valence-corrected chi connectivity index (χ4v) is 3.01. The number of carbonyl (C=O) groups excluding carboxylic acids is 1. The van der Waals surface area contributed by atoms with Crippen LogP contribution in [0.25, 0.3) is 21.7 Å². The molecule has 0 spiro atoms. The first kappa shape index (κ1) is 14.2. The van der Waals surface area contributed by atoms with Gasteiger partial charge < -0.3 is 10.1 Å². The van der Waals surface area contributed by atoms with Crippen molar-refractivity contribution < 1.29 is 14.7 Å². The van der Waals surface area contributed by atoms with Crippen molar-refractivity contribution in [3.63, 3.8) is 0 Å². The molecule has 4 aromatic rings. The van der Waals surface area contributed by atoms with E-state index < -0.39 is 5.97 Å². The molecule has 0 aliphatic rings. The van der Waals surface area contributed by atoms with Crippen LogP contribution in [0.5, 0.6) is 0 Å². The normalized spacial score (nSPS) is 11.0. The zero-order valence-corrected chi connectivity index (χ0v) is 12.6. The van der Waals surface area contributed by atoms with Gasteiger partial charge in [-0.05, 0) is 29.0 Å². The van der Waals surface area contributed by atoms with E-state index >= 15 is 0 Å². The van der Waals surface area contributed by atoms with Crippen LogP contribution in [0.1, 0.15) is 26.3 Å². The summed E-state index contributed by atoms with van der Waals surface area (Å²) in [5.41, 5.74) is 1.98. The first-order chi connectivity index (χ1) is 11.6. The molecule has 0 aliphatic heterocycles. The van der Waals surface area contributed by atoms with Crippen LogP contribution in [0.4, 0.5) is 0 Å². The topological polar surface area (TPSA) is 70.2 Å². The number of aromatic nitrogens is 1. The lowest BCUT2D eigenvalue weighted by molar-refractivity contribution is 0.0696. The van der Waals surface area contributed by atoms with Crippen molar-refractivity contribution in [2.45, 2.75) is 0 Å². The van der Waals surface area contributed by atoms with Gasteiger partial charge in [0.05, 0.1) is 5.56 Å². The summed E-state index contributed by atoms with van der Waals surface area (Å²) in [5.74, 6) is -1.14. The van der Waals surface area contributed by atoms with E-state index in [1.807, 2.05) is 36.4 Å². The Balaban J connectivity index is 1.92. The second-order valence-corrected chi connectivity index (χ2v) is 5.62. The number of hydrogen-bond donors (Lipinski definition) is 2. The molecular formula is C20H13NO3. The zero-order chi connectivity index (χ0) is 16.7. The number of carboxylic acids is 1. The number of H-pyrrole nitrogens is 1. The van der Waals surface area contributed by atoms with E-state index in [1.54, 1.807) is 18.3 Å². The van der Waals surface area contributed by atoms with Gasteiger partial charge in [0, 0.05) is 28.2 Å². The number of carboxylic acid groups (broad SMARTS) is 1. The van der Waals surface area contributed by atoms with Crippen molar-refractivity contribution in [2.75, 3.05) is 0 Å². The largest absolute Gasteiger partial charge is 0.478 e. The minimum atomic E-state index is -1.01. The minimum Gasteiger partial charge on any atom is -0.478 e. The van der Waals surface area contributed by atoms with Crippen molar-refractivity contribution in [1.29, 1.82) is 0 Å². The number of benzene rings is 3. The van der Waals surface area contributed by atoms with Crippen LogP contribution in [0, 0.1) is 0 Å². The average Bonchev–Trinajstić information content (AvgIpc) is 3.03. The Labute approximate surface area is 137 Å². The molecule has 0 amide bonds. The van der Waals surface area contributed by atoms with E-state index in [0.29, 0.717) is 16.5 Å². The smallest absolute Gasteiger partial charge is 0.335 e. The minimum absolute atomic E-state index is 0.124. The number of aromatic carboxylic acids is 1. The van der Waals surface area contributed by atoms with Crippen LogP contribution in [0.3, 0.4) is 0 Å². The highest BCUT2D eigenvalue weighted by Crippen LogP contribution is 2.26. The summed E-state index contributed by atoms with van der Waals surface area (Å²) in [6.07, 6.45) is 1.64. The fraction of sp³-hybridized carbons (Fsp3) is 0. The molecule has 0 radical (unpaired) electrons. The van der Waals surface area contributed by atoms with Crippen molar-refractivity contribution in [1.82, 2.24) is 4.98 Å². The molecule has 0 bridgehead atoms. The monoisotopic (exact) mass is 315 g/mol. The van der Waals surface area contributed by atoms with Crippen LogP contribution >= 0.6 is 0 Å². The van der Waals surface area contributed by atoms with Gasteiger partial charge in [0.2, 0.25) is 0 Å². The predicted molar refractivity (Wildman–Crippen MR) is 92.6 cm³/mol. The molecular weight excluding hydrogens is 302 g/mol. The summed E-state index contributed by atoms with van der Waals surface area (Å²) in [7, 11) is 0. The molecule has 0 aliphatic carbocycles. The Bertz CT molecular complexity index is 1100. The van der Waals surface area contributed by atoms with Crippen LogP contribution in [-0.2, 0) is 0 Å². The van der Waals surface area contributed by atoms with Gasteiger partial charge in [-0.1, -0.05) is 42.5 Å². The maximum atomic E-state index is 13.0. The van der Waals surface area contributed by atoms with Gasteiger partial charge in [0.1, 0.15) is 0 Å². The van der Waals surface area contributed by atoms with Crippen molar-refractivity contribution in [3.05, 3.63) is 83.6 Å². The van der Waals surface area contributed by atoms with Crippen LogP contribution in [0.2, 0.25) is 0 Å². The fourth-order valence-electron chi connectivity index (χ4n) is 3.01. The van der Waals surface area contributed by atoms with E-state index in [2.05, 4.69) is 4.98 Å². The lowest BCUT2D eigenvalue weighted by Crippen LogP contribution is -2.02. The maximum absolute atomic E-state index is 13.0. The molecule has 0 saturated heterocycles. The van der Waals surface area contributed by atoms with Crippen molar-refractivity contribution in [3.8, 4) is 0 Å². The molecule has 24 heavy (non-hydrogen) atoms. The Morgan fingerprint density at radius 2 is 1.62 bits per heavy atom. The van der Waals surface area contributed by atoms with Crippen LogP contribution in [0.15, 0.2) is 66.9 Å². The number of hydrogen-bond acceptors (Lipinski definition) is 2. The van der Waals surface area contributed by atoms with E-state index in [-0.39, 0.29) is 11.3 Å². The highest BCUT2D eigenvalue weighted by Gasteiger charge is 2.17. The summed E-state index contributed by atoms with van der Waals surface area (Å²) in [4.78, 5) is 27.3. The number of ketones is 1. The van der Waals surface area contributed by atoms with Gasteiger partial charge >= 0.3 is 5.97 Å². The highest BCUT2D eigenvalue weighted by atomic mass is 16.4. The highest BCUT2D eigenvalue weighted by molar-refractivity contribution is 6.21. The third kappa shape index (κ3) is 2.16. The molecule has 0 atom stereocenters. The molecule has 4 nitrogen and oxygen atoms in total. The summed E-state index contributed by atoms with van der Waals surface area (Å²) >= 11 is 0. The summed E-state index contributed by atoms with van der Waals surface area (Å²) in [5, 5.41) is 11.7. The molecule has 116 valence electrons. The number of nitrogens with one attached hydrogen (secondary N) is 1. The SMILES string of the molecule is O=C(O)c1ccc2[nH]cc(C(=O)c3cccc4ccccc34)c2c1. The number of fused-ring (bicyclic) bond motifs is 2. The number of aromatic amines is 1. The molecule has 1 aromatic heterocycles. The van der Waals surface area contributed by atoms with Gasteiger partial charge in [-0.2, -0.15) is 0 Å². The summed E-state index contributed by atoms with van der Waals surface area (Å²) < 4.78 is 0. The molecule has 0 fully saturated rings. The van der Waals surface area contributed by atoms with Gasteiger partial charge in [-0.3, -0.25) is 4.79 Å². The van der Waals surface area contributed by atoms with E-state index in [0.717, 1.165) is 16.3 Å². The molecule has 0 saturated carbocycles. The lowest BCUT2D eigenvalue weighted by Gasteiger charge is -2.05. The van der Waals surface area contributed by atoms with Gasteiger partial charge in [-0.15, -0.1) is 0 Å². The first-order valence-electron chi connectivity index (χ1n) is 7.52. The van der Waals surface area contributed by atoms with Crippen molar-refractivity contribution >= 4 is 33.4 Å². The van der Waals surface area contributed by atoms with Gasteiger partial charge in [0.25, 0.3) is 0 Å². The number of carbonyl (C=O) groups is 2. The Morgan fingerprint density at radius 3 is 2.46 bits per heavy atom. The first-order valence-corrected chi connectivity index (χ1v) is 7.52. The van der Waals surface area contributed by atoms with Crippen LogP contribution < -0.4 is 0 Å². The van der Waals surface area contributed by atoms with Crippen LogP contribution in [-0.4, -0.2) is 21.8 Å². The third-order valence-corrected chi connectivity index (χ3v) is 4.21. The molecule has 4 heteroatoms. The molecule has 1 heterocycles. The quantitative estimate of drug-likeness (QED) is 0.555. The van der Waals surface area contributed by atoms with E-state index in [1.165, 1.54) is 12.1 Å². The third-order valence-electron chi connectivity index (χ3n) is 4.21.